The molecule has 112 valence electrons. The Kier molecular flexibility index (Phi) is 4.88. The van der Waals surface area contributed by atoms with Gasteiger partial charge in [0.2, 0.25) is 0 Å². The Labute approximate surface area is 125 Å². The Morgan fingerprint density at radius 2 is 1.71 bits per heavy atom. The van der Waals surface area contributed by atoms with Crippen molar-refractivity contribution in [2.45, 2.75) is 12.0 Å². The van der Waals surface area contributed by atoms with E-state index in [4.69, 9.17) is 17.3 Å². The molecule has 0 saturated carbocycles. The minimum absolute atomic E-state index is 0.0428. The van der Waals surface area contributed by atoms with Crippen LogP contribution in [0.15, 0.2) is 36.4 Å². The first-order valence-corrected chi connectivity index (χ1v) is 6.60. The van der Waals surface area contributed by atoms with Gasteiger partial charge in [-0.25, -0.2) is 13.2 Å². The first-order valence-electron chi connectivity index (χ1n) is 6.22. The van der Waals surface area contributed by atoms with Crippen molar-refractivity contribution < 1.29 is 18.3 Å². The molecule has 0 heterocycles. The van der Waals surface area contributed by atoms with E-state index in [2.05, 4.69) is 0 Å². The molecule has 0 aliphatic carbocycles. The Morgan fingerprint density at radius 1 is 1.10 bits per heavy atom. The van der Waals surface area contributed by atoms with Gasteiger partial charge in [0, 0.05) is 17.5 Å². The summed E-state index contributed by atoms with van der Waals surface area (Å²) in [5, 5.41) is 10.3. The maximum atomic E-state index is 13.7. The molecule has 2 aromatic rings. The molecule has 0 aliphatic heterocycles. The molecule has 2 nitrogen and oxygen atoms in total. The minimum Gasteiger partial charge on any atom is -0.388 e. The highest BCUT2D eigenvalue weighted by Crippen LogP contribution is 2.36. The van der Waals surface area contributed by atoms with Crippen LogP contribution in [-0.2, 0) is 0 Å². The van der Waals surface area contributed by atoms with Crippen molar-refractivity contribution in [1.82, 2.24) is 0 Å². The largest absolute Gasteiger partial charge is 0.388 e. The number of nitrogens with two attached hydrogens (primary N) is 1. The topological polar surface area (TPSA) is 46.2 Å². The van der Waals surface area contributed by atoms with Crippen molar-refractivity contribution in [2.24, 2.45) is 5.73 Å². The summed E-state index contributed by atoms with van der Waals surface area (Å²) in [6.07, 6.45) is -1.53. The van der Waals surface area contributed by atoms with Gasteiger partial charge in [-0.3, -0.25) is 0 Å². The molecule has 0 aromatic heterocycles. The lowest BCUT2D eigenvalue weighted by atomic mass is 9.88. The third-order valence-electron chi connectivity index (χ3n) is 3.29. The average Bonchev–Trinajstić information content (AvgIpc) is 2.41. The van der Waals surface area contributed by atoms with E-state index in [-0.39, 0.29) is 11.6 Å². The predicted octanol–water partition coefficient (Wildman–Crippen LogP) is 3.53. The second-order valence-electron chi connectivity index (χ2n) is 4.59. The van der Waals surface area contributed by atoms with Crippen molar-refractivity contribution in [3.05, 3.63) is 70.0 Å². The van der Waals surface area contributed by atoms with E-state index in [1.807, 2.05) is 0 Å². The summed E-state index contributed by atoms with van der Waals surface area (Å²) in [7, 11) is 0. The van der Waals surface area contributed by atoms with Gasteiger partial charge in [-0.15, -0.1) is 0 Å². The van der Waals surface area contributed by atoms with Crippen LogP contribution in [0.25, 0.3) is 0 Å². The molecule has 0 radical (unpaired) electrons. The molecule has 0 aliphatic rings. The summed E-state index contributed by atoms with van der Waals surface area (Å²) in [5.74, 6) is -3.16. The quantitative estimate of drug-likeness (QED) is 0.906. The fourth-order valence-corrected chi connectivity index (χ4v) is 2.53. The molecule has 2 rings (SSSR count). The van der Waals surface area contributed by atoms with Crippen LogP contribution in [0.4, 0.5) is 13.2 Å². The number of rotatable bonds is 4. The third-order valence-corrected chi connectivity index (χ3v) is 3.62. The van der Waals surface area contributed by atoms with Gasteiger partial charge in [-0.2, -0.15) is 0 Å². The van der Waals surface area contributed by atoms with E-state index in [9.17, 15) is 18.3 Å². The third kappa shape index (κ3) is 3.20. The standard InChI is InChI=1S/C15H13ClF3NO/c16-11-6-8(17)4-5-9(11)10(7-20)15(21)14-12(18)2-1-3-13(14)19/h1-6,10,15,21H,7,20H2. The van der Waals surface area contributed by atoms with Crippen LogP contribution in [0.2, 0.25) is 5.02 Å². The molecule has 21 heavy (non-hydrogen) atoms. The molecule has 0 fully saturated rings. The lowest BCUT2D eigenvalue weighted by Crippen LogP contribution is -2.22. The van der Waals surface area contributed by atoms with Crippen LogP contribution in [0, 0.1) is 17.5 Å². The van der Waals surface area contributed by atoms with Crippen molar-refractivity contribution in [2.75, 3.05) is 6.54 Å². The summed E-state index contributed by atoms with van der Waals surface area (Å²) in [6, 6.07) is 6.83. The summed E-state index contributed by atoms with van der Waals surface area (Å²) < 4.78 is 40.6. The lowest BCUT2D eigenvalue weighted by Gasteiger charge is -2.24. The molecule has 0 amide bonds. The number of aliphatic hydroxyl groups is 1. The second kappa shape index (κ2) is 6.47. The van der Waals surface area contributed by atoms with Crippen LogP contribution < -0.4 is 5.73 Å². The SMILES string of the molecule is NCC(c1ccc(F)cc1Cl)C(O)c1c(F)cccc1F. The first-order chi connectivity index (χ1) is 9.95. The molecule has 3 N–H and O–H groups in total. The predicted molar refractivity (Wildman–Crippen MR) is 74.5 cm³/mol. The smallest absolute Gasteiger partial charge is 0.131 e. The number of hydrogen-bond donors (Lipinski definition) is 2. The van der Waals surface area contributed by atoms with Crippen LogP contribution in [0.5, 0.6) is 0 Å². The first kappa shape index (κ1) is 15.8. The number of halogens is 4. The zero-order valence-corrected chi connectivity index (χ0v) is 11.6. The molecular weight excluding hydrogens is 303 g/mol. The van der Waals surface area contributed by atoms with Gasteiger partial charge in [0.1, 0.15) is 17.5 Å². The molecular formula is C15H13ClF3NO. The van der Waals surface area contributed by atoms with Crippen molar-refractivity contribution in [1.29, 1.82) is 0 Å². The molecule has 2 aromatic carbocycles. The lowest BCUT2D eigenvalue weighted by molar-refractivity contribution is 0.138. The van der Waals surface area contributed by atoms with Crippen LogP contribution in [-0.4, -0.2) is 11.7 Å². The zero-order valence-electron chi connectivity index (χ0n) is 10.9. The fourth-order valence-electron chi connectivity index (χ4n) is 2.22. The molecule has 0 saturated heterocycles. The van der Waals surface area contributed by atoms with E-state index in [0.717, 1.165) is 24.3 Å². The zero-order chi connectivity index (χ0) is 15.6. The monoisotopic (exact) mass is 315 g/mol. The highest BCUT2D eigenvalue weighted by atomic mass is 35.5. The second-order valence-corrected chi connectivity index (χ2v) is 5.00. The van der Waals surface area contributed by atoms with E-state index >= 15 is 0 Å². The van der Waals surface area contributed by atoms with Gasteiger partial charge in [0.05, 0.1) is 11.7 Å². The van der Waals surface area contributed by atoms with E-state index in [0.29, 0.717) is 5.56 Å². The van der Waals surface area contributed by atoms with E-state index in [1.54, 1.807) is 0 Å². The molecule has 2 atom stereocenters. The maximum absolute atomic E-state index is 13.7. The van der Waals surface area contributed by atoms with E-state index in [1.165, 1.54) is 12.1 Å². The Morgan fingerprint density at radius 3 is 2.24 bits per heavy atom. The molecule has 0 bridgehead atoms. The van der Waals surface area contributed by atoms with Crippen LogP contribution >= 0.6 is 11.6 Å². The molecule has 0 spiro atoms. The summed E-state index contributed by atoms with van der Waals surface area (Å²) in [5.41, 5.74) is 5.44. The van der Waals surface area contributed by atoms with Crippen LogP contribution in [0.1, 0.15) is 23.1 Å². The summed E-state index contributed by atoms with van der Waals surface area (Å²) >= 11 is 5.92. The number of hydrogen-bond acceptors (Lipinski definition) is 2. The van der Waals surface area contributed by atoms with Crippen molar-refractivity contribution >= 4 is 11.6 Å². The highest BCUT2D eigenvalue weighted by Gasteiger charge is 2.28. The van der Waals surface area contributed by atoms with Gasteiger partial charge in [0.15, 0.2) is 0 Å². The fraction of sp³-hybridized carbons (Fsp3) is 0.200. The van der Waals surface area contributed by atoms with Gasteiger partial charge in [-0.1, -0.05) is 23.7 Å². The Bertz CT molecular complexity index is 631. The summed E-state index contributed by atoms with van der Waals surface area (Å²) in [4.78, 5) is 0. The molecule has 2 unspecified atom stereocenters. The highest BCUT2D eigenvalue weighted by molar-refractivity contribution is 6.31. The Hall–Kier alpha value is -1.56. The Balaban J connectivity index is 2.46. The summed E-state index contributed by atoms with van der Waals surface area (Å²) in [6.45, 7) is -0.111. The van der Waals surface area contributed by atoms with Gasteiger partial charge in [-0.05, 0) is 29.8 Å². The number of benzene rings is 2. The average molecular weight is 316 g/mol. The molecule has 6 heteroatoms. The van der Waals surface area contributed by atoms with E-state index < -0.39 is 35.0 Å². The number of aliphatic hydroxyl groups excluding tert-OH is 1. The van der Waals surface area contributed by atoms with Gasteiger partial charge >= 0.3 is 0 Å². The van der Waals surface area contributed by atoms with Crippen LogP contribution in [0.3, 0.4) is 0 Å². The normalized spacial score (nSPS) is 14.0. The maximum Gasteiger partial charge on any atom is 0.131 e. The van der Waals surface area contributed by atoms with Crippen molar-refractivity contribution in [3.8, 4) is 0 Å². The van der Waals surface area contributed by atoms with Gasteiger partial charge < -0.3 is 10.8 Å². The van der Waals surface area contributed by atoms with Crippen molar-refractivity contribution in [3.63, 3.8) is 0 Å². The minimum atomic E-state index is -1.53. The van der Waals surface area contributed by atoms with Gasteiger partial charge in [0.25, 0.3) is 0 Å².